The predicted molar refractivity (Wildman–Crippen MR) is 105 cm³/mol. The number of amides is 2. The summed E-state index contributed by atoms with van der Waals surface area (Å²) >= 11 is 12.0. The summed E-state index contributed by atoms with van der Waals surface area (Å²) in [4.78, 5) is 25.8. The highest BCUT2D eigenvalue weighted by molar-refractivity contribution is 6.42. The van der Waals surface area contributed by atoms with Crippen molar-refractivity contribution in [3.8, 4) is 5.75 Å². The van der Waals surface area contributed by atoms with E-state index in [-0.39, 0.29) is 5.91 Å². The SMILES string of the molecule is COc1ccc(C(=O)N(C)C)cc1NC(=O)/C=C/c1cccc(Cl)c1Cl. The van der Waals surface area contributed by atoms with Gasteiger partial charge in [0, 0.05) is 25.7 Å². The van der Waals surface area contributed by atoms with Crippen LogP contribution in [0.1, 0.15) is 15.9 Å². The smallest absolute Gasteiger partial charge is 0.253 e. The molecule has 2 rings (SSSR count). The monoisotopic (exact) mass is 392 g/mol. The minimum Gasteiger partial charge on any atom is -0.495 e. The quantitative estimate of drug-likeness (QED) is 0.769. The minimum absolute atomic E-state index is 0.176. The third kappa shape index (κ3) is 4.77. The van der Waals surface area contributed by atoms with Crippen LogP contribution in [0.15, 0.2) is 42.5 Å². The number of rotatable bonds is 5. The van der Waals surface area contributed by atoms with Crippen LogP contribution in [-0.2, 0) is 4.79 Å². The Labute approximate surface area is 162 Å². The van der Waals surface area contributed by atoms with Gasteiger partial charge in [0.1, 0.15) is 5.75 Å². The van der Waals surface area contributed by atoms with Crippen LogP contribution in [-0.4, -0.2) is 37.9 Å². The van der Waals surface area contributed by atoms with Gasteiger partial charge in [-0.1, -0.05) is 35.3 Å². The molecule has 136 valence electrons. The molecular weight excluding hydrogens is 375 g/mol. The van der Waals surface area contributed by atoms with Crippen LogP contribution in [0.2, 0.25) is 10.0 Å². The fourth-order valence-electron chi connectivity index (χ4n) is 2.19. The van der Waals surface area contributed by atoms with Gasteiger partial charge in [-0.25, -0.2) is 0 Å². The molecule has 5 nitrogen and oxygen atoms in total. The largest absolute Gasteiger partial charge is 0.495 e. The van der Waals surface area contributed by atoms with Gasteiger partial charge in [0.2, 0.25) is 5.91 Å². The van der Waals surface area contributed by atoms with Crippen molar-refractivity contribution in [2.24, 2.45) is 0 Å². The lowest BCUT2D eigenvalue weighted by Gasteiger charge is -2.14. The fraction of sp³-hybridized carbons (Fsp3) is 0.158. The molecule has 0 aliphatic carbocycles. The number of methoxy groups -OCH3 is 1. The van der Waals surface area contributed by atoms with Gasteiger partial charge in [-0.05, 0) is 35.9 Å². The Bertz CT molecular complexity index is 864. The third-order valence-electron chi connectivity index (χ3n) is 3.51. The number of nitrogens with one attached hydrogen (secondary N) is 1. The zero-order chi connectivity index (χ0) is 19.3. The highest BCUT2D eigenvalue weighted by Gasteiger charge is 2.13. The van der Waals surface area contributed by atoms with Crippen LogP contribution >= 0.6 is 23.2 Å². The Kier molecular flexibility index (Phi) is 6.66. The Morgan fingerprint density at radius 3 is 2.54 bits per heavy atom. The van der Waals surface area contributed by atoms with E-state index in [1.807, 2.05) is 0 Å². The molecule has 0 aliphatic rings. The second-order valence-electron chi connectivity index (χ2n) is 5.58. The lowest BCUT2D eigenvalue weighted by Crippen LogP contribution is -2.22. The van der Waals surface area contributed by atoms with Gasteiger partial charge < -0.3 is 15.0 Å². The molecule has 0 atom stereocenters. The first-order valence-electron chi connectivity index (χ1n) is 7.66. The average Bonchev–Trinajstić information content (AvgIpc) is 2.62. The Morgan fingerprint density at radius 2 is 1.88 bits per heavy atom. The highest BCUT2D eigenvalue weighted by atomic mass is 35.5. The molecule has 0 fully saturated rings. The highest BCUT2D eigenvalue weighted by Crippen LogP contribution is 2.27. The summed E-state index contributed by atoms with van der Waals surface area (Å²) in [6.45, 7) is 0. The summed E-state index contributed by atoms with van der Waals surface area (Å²) in [6, 6.07) is 9.99. The number of carbonyl (C=O) groups excluding carboxylic acids is 2. The van der Waals surface area contributed by atoms with Crippen LogP contribution in [0, 0.1) is 0 Å². The van der Waals surface area contributed by atoms with Gasteiger partial charge in [0.15, 0.2) is 0 Å². The van der Waals surface area contributed by atoms with Crippen molar-refractivity contribution >= 4 is 46.8 Å². The standard InChI is InChI=1S/C19H18Cl2N2O3/c1-23(2)19(25)13-7-9-16(26-3)15(11-13)22-17(24)10-8-12-5-4-6-14(20)18(12)21/h4-11H,1-3H3,(H,22,24)/b10-8+. The number of halogens is 2. The lowest BCUT2D eigenvalue weighted by molar-refractivity contribution is -0.111. The van der Waals surface area contributed by atoms with Crippen molar-refractivity contribution in [2.75, 3.05) is 26.5 Å². The number of ether oxygens (including phenoxy) is 1. The van der Waals surface area contributed by atoms with Crippen molar-refractivity contribution in [1.29, 1.82) is 0 Å². The van der Waals surface area contributed by atoms with Crippen molar-refractivity contribution in [3.63, 3.8) is 0 Å². The van der Waals surface area contributed by atoms with E-state index in [2.05, 4.69) is 5.32 Å². The average molecular weight is 393 g/mol. The van der Waals surface area contributed by atoms with E-state index in [0.29, 0.717) is 32.6 Å². The molecule has 2 amide bonds. The van der Waals surface area contributed by atoms with E-state index in [4.69, 9.17) is 27.9 Å². The van der Waals surface area contributed by atoms with Crippen LogP contribution < -0.4 is 10.1 Å². The number of benzene rings is 2. The first-order chi connectivity index (χ1) is 12.3. The van der Waals surface area contributed by atoms with E-state index in [1.54, 1.807) is 56.6 Å². The molecule has 0 radical (unpaired) electrons. The Hall–Kier alpha value is -2.50. The number of anilines is 1. The molecule has 2 aromatic carbocycles. The van der Waals surface area contributed by atoms with E-state index >= 15 is 0 Å². The molecule has 2 aromatic rings. The van der Waals surface area contributed by atoms with Gasteiger partial charge in [0.05, 0.1) is 22.8 Å². The van der Waals surface area contributed by atoms with E-state index in [1.165, 1.54) is 18.1 Å². The minimum atomic E-state index is -0.395. The normalized spacial score (nSPS) is 10.7. The van der Waals surface area contributed by atoms with E-state index in [0.717, 1.165) is 0 Å². The van der Waals surface area contributed by atoms with Crippen LogP contribution in [0.5, 0.6) is 5.75 Å². The molecule has 1 N–H and O–H groups in total. The second kappa shape index (κ2) is 8.74. The molecule has 0 heterocycles. The van der Waals surface area contributed by atoms with Crippen molar-refractivity contribution in [2.45, 2.75) is 0 Å². The predicted octanol–water partition coefficient (Wildman–Crippen LogP) is 4.36. The Morgan fingerprint density at radius 1 is 1.15 bits per heavy atom. The molecule has 0 aromatic heterocycles. The molecule has 0 saturated heterocycles. The summed E-state index contributed by atoms with van der Waals surface area (Å²) in [6.07, 6.45) is 2.89. The molecule has 26 heavy (non-hydrogen) atoms. The summed E-state index contributed by atoms with van der Waals surface area (Å²) in [5.74, 6) is -0.124. The lowest BCUT2D eigenvalue weighted by atomic mass is 10.1. The van der Waals surface area contributed by atoms with E-state index < -0.39 is 5.91 Å². The molecular formula is C19H18Cl2N2O3. The first-order valence-corrected chi connectivity index (χ1v) is 8.42. The van der Waals surface area contributed by atoms with Gasteiger partial charge in [-0.2, -0.15) is 0 Å². The van der Waals surface area contributed by atoms with Crippen molar-refractivity contribution in [3.05, 3.63) is 63.6 Å². The first kappa shape index (κ1) is 19.8. The molecule has 0 unspecified atom stereocenters. The topological polar surface area (TPSA) is 58.6 Å². The Balaban J connectivity index is 2.22. The molecule has 0 spiro atoms. The van der Waals surface area contributed by atoms with Crippen molar-refractivity contribution < 1.29 is 14.3 Å². The third-order valence-corrected chi connectivity index (χ3v) is 4.34. The molecule has 0 saturated carbocycles. The number of hydrogen-bond acceptors (Lipinski definition) is 3. The number of nitrogens with zero attached hydrogens (tertiary/aromatic N) is 1. The van der Waals surface area contributed by atoms with Crippen LogP contribution in [0.25, 0.3) is 6.08 Å². The van der Waals surface area contributed by atoms with Gasteiger partial charge in [0.25, 0.3) is 5.91 Å². The fourth-order valence-corrected chi connectivity index (χ4v) is 2.56. The van der Waals surface area contributed by atoms with Gasteiger partial charge >= 0.3 is 0 Å². The second-order valence-corrected chi connectivity index (χ2v) is 6.37. The van der Waals surface area contributed by atoms with E-state index in [9.17, 15) is 9.59 Å². The number of carbonyl (C=O) groups is 2. The zero-order valence-corrected chi connectivity index (χ0v) is 16.1. The van der Waals surface area contributed by atoms with Crippen LogP contribution in [0.3, 0.4) is 0 Å². The van der Waals surface area contributed by atoms with Crippen LogP contribution in [0.4, 0.5) is 5.69 Å². The summed E-state index contributed by atoms with van der Waals surface area (Å²) in [5.41, 5.74) is 1.46. The summed E-state index contributed by atoms with van der Waals surface area (Å²) < 4.78 is 5.24. The molecule has 0 bridgehead atoms. The molecule has 7 heteroatoms. The maximum absolute atomic E-state index is 12.2. The maximum atomic E-state index is 12.2. The number of hydrogen-bond donors (Lipinski definition) is 1. The maximum Gasteiger partial charge on any atom is 0.253 e. The summed E-state index contributed by atoms with van der Waals surface area (Å²) in [7, 11) is 4.80. The summed E-state index contributed by atoms with van der Waals surface area (Å²) in [5, 5.41) is 3.48. The van der Waals surface area contributed by atoms with Gasteiger partial charge in [-0.15, -0.1) is 0 Å². The zero-order valence-electron chi connectivity index (χ0n) is 14.5. The van der Waals surface area contributed by atoms with Crippen molar-refractivity contribution in [1.82, 2.24) is 4.90 Å². The molecule has 0 aliphatic heterocycles. The van der Waals surface area contributed by atoms with Gasteiger partial charge in [-0.3, -0.25) is 9.59 Å².